The van der Waals surface area contributed by atoms with Crippen LogP contribution in [0.5, 0.6) is 0 Å². The smallest absolute Gasteiger partial charge is 0.267 e. The number of hydrogen-bond donors (Lipinski definition) is 2. The second-order valence-corrected chi connectivity index (χ2v) is 6.86. The number of rotatable bonds is 5. The Morgan fingerprint density at radius 3 is 2.54 bits per heavy atom. The molecule has 4 nitrogen and oxygen atoms in total. The van der Waals surface area contributed by atoms with Crippen LogP contribution in [0.4, 0.5) is 11.4 Å². The van der Waals surface area contributed by atoms with Crippen LogP contribution in [0.25, 0.3) is 0 Å². The Morgan fingerprint density at radius 1 is 1.19 bits per heavy atom. The summed E-state index contributed by atoms with van der Waals surface area (Å²) in [7, 11) is 0. The summed E-state index contributed by atoms with van der Waals surface area (Å²) in [5.41, 5.74) is 4.47. The predicted octanol–water partition coefficient (Wildman–Crippen LogP) is 5.54. The minimum absolute atomic E-state index is 0.00249. The molecule has 0 bridgehead atoms. The first-order valence-electron chi connectivity index (χ1n) is 8.37. The maximum Gasteiger partial charge on any atom is 0.267 e. The van der Waals surface area contributed by atoms with Crippen molar-refractivity contribution in [2.75, 3.05) is 10.6 Å². The molecule has 1 amide bonds. The van der Waals surface area contributed by atoms with E-state index >= 15 is 0 Å². The van der Waals surface area contributed by atoms with E-state index in [1.165, 1.54) is 6.20 Å². The highest BCUT2D eigenvalue weighted by Crippen LogP contribution is 2.28. The van der Waals surface area contributed by atoms with E-state index in [0.717, 1.165) is 28.1 Å². The van der Waals surface area contributed by atoms with Gasteiger partial charge in [-0.05, 0) is 54.7 Å². The molecule has 0 saturated heterocycles. The van der Waals surface area contributed by atoms with Crippen molar-refractivity contribution in [3.05, 3.63) is 69.9 Å². The molecule has 5 heteroatoms. The van der Waals surface area contributed by atoms with Gasteiger partial charge in [0.05, 0.1) is 0 Å². The number of carbonyl (C=O) groups is 1. The lowest BCUT2D eigenvalue weighted by Crippen LogP contribution is -2.17. The standard InChI is InChI=1S/C21H22ClN3O/c1-13(2)18-7-5-6-14(3)20(18)25-21(26)16(11-23)12-24-19-9-8-17(22)10-15(19)4/h5-10,12-13,24H,1-4H3,(H,25,26)/b16-12-. The fourth-order valence-corrected chi connectivity index (χ4v) is 2.84. The number of halogens is 1. The lowest BCUT2D eigenvalue weighted by atomic mass is 9.98. The first kappa shape index (κ1) is 19.6. The van der Waals surface area contributed by atoms with Gasteiger partial charge in [0.25, 0.3) is 5.91 Å². The summed E-state index contributed by atoms with van der Waals surface area (Å²) in [5, 5.41) is 15.9. The zero-order valence-electron chi connectivity index (χ0n) is 15.4. The van der Waals surface area contributed by atoms with Crippen molar-refractivity contribution in [2.45, 2.75) is 33.6 Å². The molecular weight excluding hydrogens is 346 g/mol. The van der Waals surface area contributed by atoms with Crippen LogP contribution in [0.2, 0.25) is 5.02 Å². The molecule has 0 aliphatic carbocycles. The van der Waals surface area contributed by atoms with Gasteiger partial charge in [0.15, 0.2) is 0 Å². The number of nitriles is 1. The molecule has 0 aliphatic rings. The van der Waals surface area contributed by atoms with Crippen molar-refractivity contribution < 1.29 is 4.79 Å². The normalized spacial score (nSPS) is 11.2. The Morgan fingerprint density at radius 2 is 1.92 bits per heavy atom. The Bertz CT molecular complexity index is 895. The molecule has 2 N–H and O–H groups in total. The van der Waals surface area contributed by atoms with Crippen molar-refractivity contribution in [2.24, 2.45) is 0 Å². The summed E-state index contributed by atoms with van der Waals surface area (Å²) in [6, 6.07) is 13.2. The first-order valence-corrected chi connectivity index (χ1v) is 8.75. The summed E-state index contributed by atoms with van der Waals surface area (Å²) in [6.07, 6.45) is 1.42. The highest BCUT2D eigenvalue weighted by molar-refractivity contribution is 6.30. The molecule has 0 unspecified atom stereocenters. The highest BCUT2D eigenvalue weighted by Gasteiger charge is 2.15. The number of benzene rings is 2. The number of para-hydroxylation sites is 1. The molecule has 0 saturated carbocycles. The lowest BCUT2D eigenvalue weighted by molar-refractivity contribution is -0.112. The van der Waals surface area contributed by atoms with Gasteiger partial charge in [0, 0.05) is 22.6 Å². The number of aryl methyl sites for hydroxylation is 2. The summed E-state index contributed by atoms with van der Waals surface area (Å²) in [5.74, 6) is -0.183. The third-order valence-corrected chi connectivity index (χ3v) is 4.33. The van der Waals surface area contributed by atoms with E-state index < -0.39 is 5.91 Å². The zero-order chi connectivity index (χ0) is 19.3. The molecule has 0 fully saturated rings. The highest BCUT2D eigenvalue weighted by atomic mass is 35.5. The van der Waals surface area contributed by atoms with E-state index in [4.69, 9.17) is 11.6 Å². The van der Waals surface area contributed by atoms with Gasteiger partial charge in [-0.15, -0.1) is 0 Å². The van der Waals surface area contributed by atoms with E-state index in [9.17, 15) is 10.1 Å². The van der Waals surface area contributed by atoms with Crippen LogP contribution in [0.1, 0.15) is 36.5 Å². The number of carbonyl (C=O) groups excluding carboxylic acids is 1. The second kappa shape index (κ2) is 8.55. The molecule has 0 radical (unpaired) electrons. The number of nitrogens with zero attached hydrogens (tertiary/aromatic N) is 1. The molecule has 26 heavy (non-hydrogen) atoms. The van der Waals surface area contributed by atoms with Crippen LogP contribution in [-0.2, 0) is 4.79 Å². The van der Waals surface area contributed by atoms with E-state index in [1.807, 2.05) is 44.2 Å². The fourth-order valence-electron chi connectivity index (χ4n) is 2.61. The van der Waals surface area contributed by atoms with E-state index in [-0.39, 0.29) is 11.5 Å². The lowest BCUT2D eigenvalue weighted by Gasteiger charge is -2.16. The maximum absolute atomic E-state index is 12.6. The largest absolute Gasteiger partial charge is 0.360 e. The van der Waals surface area contributed by atoms with Gasteiger partial charge in [-0.3, -0.25) is 4.79 Å². The summed E-state index contributed by atoms with van der Waals surface area (Å²) in [6.45, 7) is 7.97. The summed E-state index contributed by atoms with van der Waals surface area (Å²) < 4.78 is 0. The number of nitrogens with one attached hydrogen (secondary N) is 2. The molecule has 134 valence electrons. The van der Waals surface area contributed by atoms with Crippen LogP contribution in [0, 0.1) is 25.2 Å². The van der Waals surface area contributed by atoms with Crippen molar-refractivity contribution in [1.82, 2.24) is 0 Å². The van der Waals surface area contributed by atoms with Gasteiger partial charge in [-0.1, -0.05) is 43.6 Å². The molecule has 0 atom stereocenters. The molecule has 0 spiro atoms. The summed E-state index contributed by atoms with van der Waals surface area (Å²) >= 11 is 5.94. The van der Waals surface area contributed by atoms with Gasteiger partial charge in [0.1, 0.15) is 11.6 Å². The molecule has 2 aromatic rings. The van der Waals surface area contributed by atoms with E-state index in [1.54, 1.807) is 12.1 Å². The van der Waals surface area contributed by atoms with Crippen molar-refractivity contribution in [3.63, 3.8) is 0 Å². The second-order valence-electron chi connectivity index (χ2n) is 6.42. The predicted molar refractivity (Wildman–Crippen MR) is 107 cm³/mol. The van der Waals surface area contributed by atoms with Crippen LogP contribution in [0.15, 0.2) is 48.2 Å². The van der Waals surface area contributed by atoms with Gasteiger partial charge in [-0.25, -0.2) is 0 Å². The van der Waals surface area contributed by atoms with Gasteiger partial charge in [0.2, 0.25) is 0 Å². The van der Waals surface area contributed by atoms with Crippen molar-refractivity contribution in [1.29, 1.82) is 5.26 Å². The molecule has 0 aliphatic heterocycles. The summed E-state index contributed by atoms with van der Waals surface area (Å²) in [4.78, 5) is 12.6. The van der Waals surface area contributed by atoms with Gasteiger partial charge in [-0.2, -0.15) is 5.26 Å². The molecule has 2 aromatic carbocycles. The average molecular weight is 368 g/mol. The maximum atomic E-state index is 12.6. The Balaban J connectivity index is 2.23. The third-order valence-electron chi connectivity index (χ3n) is 4.09. The zero-order valence-corrected chi connectivity index (χ0v) is 16.1. The first-order chi connectivity index (χ1) is 12.3. The Kier molecular flexibility index (Phi) is 6.43. The third kappa shape index (κ3) is 4.65. The van der Waals surface area contributed by atoms with Crippen LogP contribution >= 0.6 is 11.6 Å². The van der Waals surface area contributed by atoms with Crippen LogP contribution in [0.3, 0.4) is 0 Å². The number of amides is 1. The average Bonchev–Trinajstić information content (AvgIpc) is 2.58. The minimum atomic E-state index is -0.442. The number of anilines is 2. The monoisotopic (exact) mass is 367 g/mol. The van der Waals surface area contributed by atoms with E-state index in [0.29, 0.717) is 5.02 Å². The molecule has 2 rings (SSSR count). The minimum Gasteiger partial charge on any atom is -0.360 e. The quantitative estimate of drug-likeness (QED) is 0.538. The fraction of sp³-hybridized carbons (Fsp3) is 0.238. The van der Waals surface area contributed by atoms with E-state index in [2.05, 4.69) is 24.5 Å². The molecular formula is C21H22ClN3O. The SMILES string of the molecule is Cc1cc(Cl)ccc1N/C=C(/C#N)C(=O)Nc1c(C)cccc1C(C)C. The molecule has 0 heterocycles. The Hall–Kier alpha value is -2.77. The topological polar surface area (TPSA) is 64.9 Å². The van der Waals surface area contributed by atoms with Gasteiger partial charge >= 0.3 is 0 Å². The Labute approximate surface area is 159 Å². The number of hydrogen-bond acceptors (Lipinski definition) is 3. The molecule has 0 aromatic heterocycles. The van der Waals surface area contributed by atoms with Crippen LogP contribution < -0.4 is 10.6 Å². The van der Waals surface area contributed by atoms with Crippen molar-refractivity contribution in [3.8, 4) is 6.07 Å². The van der Waals surface area contributed by atoms with Crippen molar-refractivity contribution >= 4 is 28.9 Å². The van der Waals surface area contributed by atoms with Gasteiger partial charge < -0.3 is 10.6 Å². The van der Waals surface area contributed by atoms with Crippen LogP contribution in [-0.4, -0.2) is 5.91 Å².